The van der Waals surface area contributed by atoms with Crippen LogP contribution < -0.4 is 25.8 Å². The van der Waals surface area contributed by atoms with Gasteiger partial charge in [-0.25, -0.2) is 9.78 Å². The molecule has 0 radical (unpaired) electrons. The molecule has 4 aromatic heterocycles. The number of piperazine rings is 1. The summed E-state index contributed by atoms with van der Waals surface area (Å²) in [7, 11) is 0. The average Bonchev–Trinajstić information content (AvgIpc) is 3.85. The number of carbonyl (C=O) groups is 4. The summed E-state index contributed by atoms with van der Waals surface area (Å²) in [5.74, 6) is -0.282. The number of fused-ring (bicyclic) bond motifs is 3. The molecule has 17 heteroatoms. The molecular formula is C40H45N13O4. The van der Waals surface area contributed by atoms with Crippen LogP contribution in [0.4, 0.5) is 22.0 Å². The summed E-state index contributed by atoms with van der Waals surface area (Å²) in [5.41, 5.74) is 5.24. The van der Waals surface area contributed by atoms with Crippen LogP contribution in [0.25, 0.3) is 11.0 Å². The van der Waals surface area contributed by atoms with E-state index in [1.165, 1.54) is 10.6 Å². The van der Waals surface area contributed by atoms with Crippen molar-refractivity contribution in [3.8, 4) is 0 Å². The molecule has 4 aliphatic rings. The van der Waals surface area contributed by atoms with Gasteiger partial charge in [0.2, 0.25) is 5.91 Å². The van der Waals surface area contributed by atoms with Gasteiger partial charge in [0, 0.05) is 88.6 Å². The minimum absolute atomic E-state index is 0.0371. The molecule has 0 aliphatic carbocycles. The van der Waals surface area contributed by atoms with Gasteiger partial charge in [-0.2, -0.15) is 10.2 Å². The second-order valence-electron chi connectivity index (χ2n) is 15.3. The molecule has 0 unspecified atom stereocenters. The third kappa shape index (κ3) is 7.67. The van der Waals surface area contributed by atoms with E-state index in [0.29, 0.717) is 55.1 Å². The Hall–Kier alpha value is -6.20. The number of nitrogens with one attached hydrogen (secondary N) is 3. The van der Waals surface area contributed by atoms with Crippen molar-refractivity contribution in [3.05, 3.63) is 89.6 Å². The van der Waals surface area contributed by atoms with Gasteiger partial charge in [-0.1, -0.05) is 12.1 Å². The fourth-order valence-corrected chi connectivity index (χ4v) is 8.34. The molecular weight excluding hydrogens is 727 g/mol. The topological polar surface area (TPSA) is 179 Å². The van der Waals surface area contributed by atoms with Crippen LogP contribution in [-0.2, 0) is 17.9 Å². The van der Waals surface area contributed by atoms with Gasteiger partial charge in [0.25, 0.3) is 11.8 Å². The van der Waals surface area contributed by atoms with Crippen LogP contribution in [0.1, 0.15) is 64.5 Å². The van der Waals surface area contributed by atoms with Crippen molar-refractivity contribution in [2.24, 2.45) is 0 Å². The first-order valence-electron chi connectivity index (χ1n) is 19.6. The normalized spacial score (nSPS) is 19.7. The maximum Gasteiger partial charge on any atom is 0.329 e. The van der Waals surface area contributed by atoms with Gasteiger partial charge in [-0.15, -0.1) is 5.10 Å². The van der Waals surface area contributed by atoms with E-state index < -0.39 is 6.03 Å². The molecule has 17 nitrogen and oxygen atoms in total. The zero-order valence-corrected chi connectivity index (χ0v) is 31.8. The highest BCUT2D eigenvalue weighted by Crippen LogP contribution is 2.27. The smallest absolute Gasteiger partial charge is 0.329 e. The van der Waals surface area contributed by atoms with E-state index in [9.17, 15) is 19.2 Å². The Balaban J connectivity index is 0.721. The maximum atomic E-state index is 13.2. The van der Waals surface area contributed by atoms with Gasteiger partial charge >= 0.3 is 6.03 Å². The number of piperidine rings is 1. The third-order valence-electron chi connectivity index (χ3n) is 11.5. The quantitative estimate of drug-likeness (QED) is 0.201. The van der Waals surface area contributed by atoms with Crippen molar-refractivity contribution in [1.29, 1.82) is 0 Å². The van der Waals surface area contributed by atoms with Crippen LogP contribution in [0.3, 0.4) is 0 Å². The van der Waals surface area contributed by atoms with E-state index in [-0.39, 0.29) is 35.9 Å². The van der Waals surface area contributed by atoms with Gasteiger partial charge in [0.05, 0.1) is 30.2 Å². The van der Waals surface area contributed by atoms with Crippen molar-refractivity contribution in [1.82, 2.24) is 50.0 Å². The lowest BCUT2D eigenvalue weighted by molar-refractivity contribution is -0.120. The highest BCUT2D eigenvalue weighted by molar-refractivity contribution is 6.05. The first-order chi connectivity index (χ1) is 27.7. The van der Waals surface area contributed by atoms with Gasteiger partial charge in [0.15, 0.2) is 5.82 Å². The number of pyridine rings is 1. The van der Waals surface area contributed by atoms with Crippen LogP contribution in [0.5, 0.6) is 0 Å². The van der Waals surface area contributed by atoms with E-state index in [4.69, 9.17) is 0 Å². The first-order valence-corrected chi connectivity index (χ1v) is 19.6. The van der Waals surface area contributed by atoms with E-state index >= 15 is 0 Å². The van der Waals surface area contributed by atoms with Crippen molar-refractivity contribution < 1.29 is 19.2 Å². The minimum atomic E-state index is -0.454. The summed E-state index contributed by atoms with van der Waals surface area (Å²) in [5, 5.41) is 22.0. The number of rotatable bonds is 9. The summed E-state index contributed by atoms with van der Waals surface area (Å²) in [4.78, 5) is 62.7. The van der Waals surface area contributed by atoms with Gasteiger partial charge in [0.1, 0.15) is 17.0 Å². The predicted molar refractivity (Wildman–Crippen MR) is 212 cm³/mol. The third-order valence-corrected chi connectivity index (χ3v) is 11.5. The summed E-state index contributed by atoms with van der Waals surface area (Å²) < 4.78 is 3.70. The zero-order valence-electron chi connectivity index (χ0n) is 31.8. The number of carbonyl (C=O) groups excluding carboxylic acids is 4. The summed E-state index contributed by atoms with van der Waals surface area (Å²) in [6, 6.07) is 17.8. The molecule has 57 heavy (non-hydrogen) atoms. The van der Waals surface area contributed by atoms with Crippen LogP contribution in [0, 0.1) is 0 Å². The fraction of sp³-hybridized carbons (Fsp3) is 0.400. The van der Waals surface area contributed by atoms with Crippen molar-refractivity contribution in [2.75, 3.05) is 67.5 Å². The standard InChI is InChI=1S/C40H45N13O4/c1-26-21-41-39(56)34-20-28-4-8-33(44-37(28)53(26)34)38(55)43-30-22-42-51(25-30)23-27-2-6-31(7-3-27)49-13-10-32(11-14-49)50-18-16-48(17-19-50)24-29-5-9-35(47-46-29)52-15-12-36(54)45-40(52)57/h2-9,20,22,25-26,32H,10-19,21,23-24H2,1H3,(H,41,56)(H,43,55)(H,45,54,57)/t26-/m1/s1. The molecule has 1 atom stereocenters. The average molecular weight is 772 g/mol. The lowest BCUT2D eigenvalue weighted by atomic mass is 10.0. The SMILES string of the molecule is C[C@@H]1CNC(=O)c2cc3ccc(C(=O)Nc4cnn(Cc5ccc(N6CCC(N7CCN(Cc8ccc(N9CCC(=O)NC9=O)nn8)CC7)CC6)cc5)c4)nc3n21. The van der Waals surface area contributed by atoms with Crippen LogP contribution >= 0.6 is 0 Å². The number of amides is 5. The summed E-state index contributed by atoms with van der Waals surface area (Å²) in [6.45, 7) is 10.1. The van der Waals surface area contributed by atoms with Crippen molar-refractivity contribution in [2.45, 2.75) is 51.4 Å². The summed E-state index contributed by atoms with van der Waals surface area (Å²) >= 11 is 0. The monoisotopic (exact) mass is 771 g/mol. The Morgan fingerprint density at radius 3 is 2.46 bits per heavy atom. The van der Waals surface area contributed by atoms with Gasteiger partial charge in [-0.3, -0.25) is 39.1 Å². The molecule has 5 aromatic rings. The highest BCUT2D eigenvalue weighted by Gasteiger charge is 2.29. The van der Waals surface area contributed by atoms with Gasteiger partial charge in [-0.05, 0) is 67.8 Å². The molecule has 0 spiro atoms. The molecule has 4 aliphatic heterocycles. The number of benzene rings is 1. The molecule has 8 heterocycles. The largest absolute Gasteiger partial charge is 0.371 e. The van der Waals surface area contributed by atoms with Crippen LogP contribution in [0.15, 0.2) is 67.0 Å². The second kappa shape index (κ2) is 15.4. The molecule has 0 saturated carbocycles. The number of hydrogen-bond donors (Lipinski definition) is 3. The lowest BCUT2D eigenvalue weighted by Gasteiger charge is -2.43. The predicted octanol–water partition coefficient (Wildman–Crippen LogP) is 2.86. The Kier molecular flexibility index (Phi) is 9.83. The minimum Gasteiger partial charge on any atom is -0.371 e. The molecule has 1 aromatic carbocycles. The van der Waals surface area contributed by atoms with Crippen molar-refractivity contribution in [3.63, 3.8) is 0 Å². The number of nitrogens with zero attached hydrogens (tertiary/aromatic N) is 10. The zero-order chi connectivity index (χ0) is 39.0. The molecule has 9 rings (SSSR count). The molecule has 3 saturated heterocycles. The summed E-state index contributed by atoms with van der Waals surface area (Å²) in [6.07, 6.45) is 5.96. The number of urea groups is 1. The molecule has 0 bridgehead atoms. The maximum absolute atomic E-state index is 13.2. The molecule has 294 valence electrons. The first kappa shape index (κ1) is 36.4. The Labute approximate surface area is 329 Å². The number of hydrogen-bond acceptors (Lipinski definition) is 11. The fourth-order valence-electron chi connectivity index (χ4n) is 8.34. The Morgan fingerprint density at radius 2 is 1.70 bits per heavy atom. The Morgan fingerprint density at radius 1 is 0.895 bits per heavy atom. The van der Waals surface area contributed by atoms with E-state index in [1.54, 1.807) is 18.3 Å². The molecule has 5 amide bonds. The molecule has 3 fully saturated rings. The van der Waals surface area contributed by atoms with Gasteiger partial charge < -0.3 is 20.1 Å². The van der Waals surface area contributed by atoms with E-state index in [0.717, 1.165) is 68.8 Å². The lowest BCUT2D eigenvalue weighted by Crippen LogP contribution is -2.53. The van der Waals surface area contributed by atoms with Crippen LogP contribution in [-0.4, -0.2) is 121 Å². The Bertz CT molecular complexity index is 2310. The molecule has 3 N–H and O–H groups in total. The van der Waals surface area contributed by atoms with E-state index in [1.807, 2.05) is 40.6 Å². The number of aromatic nitrogens is 6. The van der Waals surface area contributed by atoms with Crippen LogP contribution in [0.2, 0.25) is 0 Å². The highest BCUT2D eigenvalue weighted by atomic mass is 16.2. The number of imide groups is 1. The second-order valence-corrected chi connectivity index (χ2v) is 15.3. The van der Waals surface area contributed by atoms with Crippen molar-refractivity contribution >= 4 is 52.0 Å². The number of anilines is 3. The van der Waals surface area contributed by atoms with E-state index in [2.05, 4.69) is 75.2 Å².